The van der Waals surface area contributed by atoms with E-state index in [0.717, 1.165) is 17.4 Å². The standard InChI is InChI=1S/C12H14N2O2/c1-3-14-10-5-6-13-8-9(10)7-11(14)12(15)16-4-2/h5-8H,3-4H2,1-2H3. The van der Waals surface area contributed by atoms with Gasteiger partial charge in [-0.2, -0.15) is 0 Å². The monoisotopic (exact) mass is 218 g/mol. The van der Waals surface area contributed by atoms with E-state index in [2.05, 4.69) is 4.98 Å². The summed E-state index contributed by atoms with van der Waals surface area (Å²) in [7, 11) is 0. The number of esters is 1. The molecule has 84 valence electrons. The Morgan fingerprint density at radius 3 is 3.00 bits per heavy atom. The maximum Gasteiger partial charge on any atom is 0.354 e. The zero-order valence-electron chi connectivity index (χ0n) is 9.43. The Morgan fingerprint density at radius 1 is 1.50 bits per heavy atom. The van der Waals surface area contributed by atoms with Crippen LogP contribution in [0.5, 0.6) is 0 Å². The lowest BCUT2D eigenvalue weighted by molar-refractivity contribution is 0.0514. The van der Waals surface area contributed by atoms with Gasteiger partial charge < -0.3 is 9.30 Å². The van der Waals surface area contributed by atoms with Crippen LogP contribution in [0.2, 0.25) is 0 Å². The Kier molecular flexibility index (Phi) is 2.90. The lowest BCUT2D eigenvalue weighted by atomic mass is 10.3. The van der Waals surface area contributed by atoms with Gasteiger partial charge in [0.1, 0.15) is 5.69 Å². The first-order chi connectivity index (χ1) is 7.77. The fraction of sp³-hybridized carbons (Fsp3) is 0.333. The molecular weight excluding hydrogens is 204 g/mol. The molecule has 0 bridgehead atoms. The lowest BCUT2D eigenvalue weighted by Gasteiger charge is -2.06. The Balaban J connectivity index is 2.56. The van der Waals surface area contributed by atoms with E-state index in [1.54, 1.807) is 19.3 Å². The molecule has 0 aliphatic rings. The molecule has 0 fully saturated rings. The highest BCUT2D eigenvalue weighted by atomic mass is 16.5. The fourth-order valence-electron chi connectivity index (χ4n) is 1.83. The minimum atomic E-state index is -0.277. The van der Waals surface area contributed by atoms with Crippen LogP contribution in [0.25, 0.3) is 10.9 Å². The van der Waals surface area contributed by atoms with E-state index in [9.17, 15) is 4.79 Å². The minimum absolute atomic E-state index is 0.277. The van der Waals surface area contributed by atoms with Crippen molar-refractivity contribution in [3.8, 4) is 0 Å². The molecule has 0 aliphatic heterocycles. The molecule has 2 heterocycles. The molecule has 2 aromatic heterocycles. The topological polar surface area (TPSA) is 44.1 Å². The number of nitrogens with zero attached hydrogens (tertiary/aromatic N) is 2. The number of ether oxygens (including phenoxy) is 1. The molecule has 0 aliphatic carbocycles. The molecule has 0 atom stereocenters. The first-order valence-corrected chi connectivity index (χ1v) is 5.38. The average Bonchev–Trinajstić information content (AvgIpc) is 2.67. The van der Waals surface area contributed by atoms with Crippen molar-refractivity contribution in [1.29, 1.82) is 0 Å². The van der Waals surface area contributed by atoms with Crippen molar-refractivity contribution in [3.63, 3.8) is 0 Å². The molecule has 0 N–H and O–H groups in total. The Hall–Kier alpha value is -1.84. The number of hydrogen-bond donors (Lipinski definition) is 0. The summed E-state index contributed by atoms with van der Waals surface area (Å²) in [5, 5.41) is 0.965. The van der Waals surface area contributed by atoms with Gasteiger partial charge in [0.25, 0.3) is 0 Å². The van der Waals surface area contributed by atoms with Crippen molar-refractivity contribution in [2.24, 2.45) is 0 Å². The van der Waals surface area contributed by atoms with Gasteiger partial charge >= 0.3 is 5.97 Å². The predicted molar refractivity (Wildman–Crippen MR) is 61.4 cm³/mol. The van der Waals surface area contributed by atoms with Crippen molar-refractivity contribution >= 4 is 16.9 Å². The number of aryl methyl sites for hydroxylation is 1. The largest absolute Gasteiger partial charge is 0.461 e. The quantitative estimate of drug-likeness (QED) is 0.742. The molecule has 4 heteroatoms. The number of pyridine rings is 1. The molecule has 0 saturated heterocycles. The molecule has 0 amide bonds. The van der Waals surface area contributed by atoms with Crippen molar-refractivity contribution in [2.75, 3.05) is 6.61 Å². The summed E-state index contributed by atoms with van der Waals surface area (Å²) in [5.41, 5.74) is 1.60. The molecule has 0 unspecified atom stereocenters. The van der Waals surface area contributed by atoms with Crippen LogP contribution in [-0.4, -0.2) is 22.1 Å². The van der Waals surface area contributed by atoms with Gasteiger partial charge in [-0.15, -0.1) is 0 Å². The van der Waals surface area contributed by atoms with Crippen molar-refractivity contribution in [3.05, 3.63) is 30.2 Å². The van der Waals surface area contributed by atoms with Gasteiger partial charge in [-0.1, -0.05) is 0 Å². The first-order valence-electron chi connectivity index (χ1n) is 5.38. The predicted octanol–water partition coefficient (Wildman–Crippen LogP) is 2.23. The number of fused-ring (bicyclic) bond motifs is 1. The van der Waals surface area contributed by atoms with Crippen molar-refractivity contribution < 1.29 is 9.53 Å². The van der Waals surface area contributed by atoms with Gasteiger partial charge in [-0.25, -0.2) is 4.79 Å². The van der Waals surface area contributed by atoms with Crippen LogP contribution in [0.3, 0.4) is 0 Å². The number of hydrogen-bond acceptors (Lipinski definition) is 3. The Bertz CT molecular complexity index is 517. The number of aromatic nitrogens is 2. The fourth-order valence-corrected chi connectivity index (χ4v) is 1.83. The van der Waals surface area contributed by atoms with E-state index in [4.69, 9.17) is 4.74 Å². The normalized spacial score (nSPS) is 10.6. The van der Waals surface area contributed by atoms with Crippen LogP contribution in [0.15, 0.2) is 24.5 Å². The second-order valence-electron chi connectivity index (χ2n) is 3.43. The summed E-state index contributed by atoms with van der Waals surface area (Å²) in [6, 6.07) is 3.73. The molecule has 16 heavy (non-hydrogen) atoms. The second kappa shape index (κ2) is 4.35. The van der Waals surface area contributed by atoms with Gasteiger partial charge in [-0.05, 0) is 26.0 Å². The van der Waals surface area contributed by atoms with E-state index in [1.165, 1.54) is 0 Å². The zero-order chi connectivity index (χ0) is 11.5. The van der Waals surface area contributed by atoms with Gasteiger partial charge in [-0.3, -0.25) is 4.98 Å². The minimum Gasteiger partial charge on any atom is -0.461 e. The van der Waals surface area contributed by atoms with Gasteiger partial charge in [0.15, 0.2) is 0 Å². The molecule has 0 saturated carbocycles. The summed E-state index contributed by atoms with van der Waals surface area (Å²) < 4.78 is 6.96. The molecule has 0 aromatic carbocycles. The lowest BCUT2D eigenvalue weighted by Crippen LogP contribution is -2.11. The summed E-state index contributed by atoms with van der Waals surface area (Å²) in [6.45, 7) is 4.94. The van der Waals surface area contributed by atoms with Crippen LogP contribution in [0, 0.1) is 0 Å². The molecule has 2 rings (SSSR count). The maximum absolute atomic E-state index is 11.7. The van der Waals surface area contributed by atoms with E-state index >= 15 is 0 Å². The van der Waals surface area contributed by atoms with Gasteiger partial charge in [0.2, 0.25) is 0 Å². The van der Waals surface area contributed by atoms with Crippen LogP contribution in [0.1, 0.15) is 24.3 Å². The third-order valence-electron chi connectivity index (χ3n) is 2.50. The highest BCUT2D eigenvalue weighted by molar-refractivity contribution is 5.95. The maximum atomic E-state index is 11.7. The van der Waals surface area contributed by atoms with E-state index in [0.29, 0.717) is 12.3 Å². The number of carbonyl (C=O) groups excluding carboxylic acids is 1. The average molecular weight is 218 g/mol. The number of rotatable bonds is 3. The van der Waals surface area contributed by atoms with E-state index in [-0.39, 0.29) is 5.97 Å². The van der Waals surface area contributed by atoms with Gasteiger partial charge in [0.05, 0.1) is 12.1 Å². The summed E-state index contributed by atoms with van der Waals surface area (Å²) in [6.07, 6.45) is 3.48. The molecule has 0 radical (unpaired) electrons. The van der Waals surface area contributed by atoms with Crippen molar-refractivity contribution in [1.82, 2.24) is 9.55 Å². The van der Waals surface area contributed by atoms with Crippen LogP contribution >= 0.6 is 0 Å². The summed E-state index contributed by atoms with van der Waals surface area (Å²) in [5.74, 6) is -0.277. The van der Waals surface area contributed by atoms with Gasteiger partial charge in [0, 0.05) is 24.3 Å². The second-order valence-corrected chi connectivity index (χ2v) is 3.43. The van der Waals surface area contributed by atoms with Crippen LogP contribution in [0.4, 0.5) is 0 Å². The first kappa shape index (κ1) is 10.7. The highest BCUT2D eigenvalue weighted by Gasteiger charge is 2.15. The Labute approximate surface area is 93.9 Å². The Morgan fingerprint density at radius 2 is 2.31 bits per heavy atom. The van der Waals surface area contributed by atoms with E-state index in [1.807, 2.05) is 23.6 Å². The molecule has 4 nitrogen and oxygen atoms in total. The summed E-state index contributed by atoms with van der Waals surface area (Å²) in [4.78, 5) is 15.8. The van der Waals surface area contributed by atoms with Crippen LogP contribution < -0.4 is 0 Å². The third kappa shape index (κ3) is 1.66. The third-order valence-corrected chi connectivity index (χ3v) is 2.50. The van der Waals surface area contributed by atoms with Crippen molar-refractivity contribution in [2.45, 2.75) is 20.4 Å². The molecular formula is C12H14N2O2. The van der Waals surface area contributed by atoms with E-state index < -0.39 is 0 Å². The van der Waals surface area contributed by atoms with Crippen LogP contribution in [-0.2, 0) is 11.3 Å². The number of carbonyl (C=O) groups is 1. The SMILES string of the molecule is CCOC(=O)c1cc2cnccc2n1CC. The summed E-state index contributed by atoms with van der Waals surface area (Å²) >= 11 is 0. The molecule has 0 spiro atoms. The smallest absolute Gasteiger partial charge is 0.354 e. The zero-order valence-corrected chi connectivity index (χ0v) is 9.43. The highest BCUT2D eigenvalue weighted by Crippen LogP contribution is 2.19. The molecule has 2 aromatic rings.